The predicted octanol–water partition coefficient (Wildman–Crippen LogP) is 0.353. The van der Waals surface area contributed by atoms with Gasteiger partial charge in [0, 0.05) is 13.2 Å². The van der Waals surface area contributed by atoms with E-state index in [1.165, 1.54) is 6.20 Å². The van der Waals surface area contributed by atoms with E-state index < -0.39 is 0 Å². The highest BCUT2D eigenvalue weighted by Gasteiger charge is 2.08. The Labute approximate surface area is 97.6 Å². The van der Waals surface area contributed by atoms with E-state index in [9.17, 15) is 4.79 Å². The Bertz CT molecular complexity index is 518. The number of hydrazine groups is 1. The first kappa shape index (κ1) is 11.1. The number of anilines is 2. The van der Waals surface area contributed by atoms with Gasteiger partial charge in [-0.15, -0.1) is 0 Å². The molecular weight excluding hydrogens is 220 g/mol. The summed E-state index contributed by atoms with van der Waals surface area (Å²) in [6.07, 6.45) is 4.75. The minimum absolute atomic E-state index is 0.290. The molecule has 2 rings (SSSR count). The summed E-state index contributed by atoms with van der Waals surface area (Å²) in [6.45, 7) is 0. The van der Waals surface area contributed by atoms with Crippen molar-refractivity contribution in [2.75, 3.05) is 10.7 Å². The van der Waals surface area contributed by atoms with Crippen molar-refractivity contribution in [2.45, 2.75) is 0 Å². The Kier molecular flexibility index (Phi) is 3.01. The smallest absolute Gasteiger partial charge is 0.274 e. The van der Waals surface area contributed by atoms with Crippen molar-refractivity contribution in [1.82, 2.24) is 14.8 Å². The van der Waals surface area contributed by atoms with Gasteiger partial charge in [0.05, 0.1) is 23.8 Å². The van der Waals surface area contributed by atoms with Crippen molar-refractivity contribution in [3.8, 4) is 0 Å². The summed E-state index contributed by atoms with van der Waals surface area (Å²) in [7, 11) is 1.77. The normalized spacial score (nSPS) is 10.0. The van der Waals surface area contributed by atoms with E-state index in [-0.39, 0.29) is 5.91 Å². The van der Waals surface area contributed by atoms with Crippen molar-refractivity contribution >= 4 is 17.3 Å². The van der Waals surface area contributed by atoms with E-state index in [1.54, 1.807) is 36.3 Å². The molecular formula is C10H12N6O. The molecule has 0 atom stereocenters. The van der Waals surface area contributed by atoms with Crippen LogP contribution in [0.4, 0.5) is 11.4 Å². The second-order valence-corrected chi connectivity index (χ2v) is 3.43. The molecule has 2 aromatic heterocycles. The first-order valence-corrected chi connectivity index (χ1v) is 4.91. The molecule has 0 saturated heterocycles. The van der Waals surface area contributed by atoms with Crippen LogP contribution in [0.5, 0.6) is 0 Å². The van der Waals surface area contributed by atoms with Crippen LogP contribution in [0, 0.1) is 0 Å². The largest absolute Gasteiger partial charge is 0.323 e. The molecule has 0 fully saturated rings. The zero-order valence-corrected chi connectivity index (χ0v) is 9.21. The first-order chi connectivity index (χ1) is 8.19. The summed E-state index contributed by atoms with van der Waals surface area (Å²) in [4.78, 5) is 15.7. The SMILES string of the molecule is Cn1cc(NC(=O)c2ccc(NN)cn2)cn1. The summed E-state index contributed by atoms with van der Waals surface area (Å²) in [6, 6.07) is 3.26. The number of nitrogens with one attached hydrogen (secondary N) is 2. The molecule has 2 aromatic rings. The van der Waals surface area contributed by atoms with Crippen LogP contribution in [0.2, 0.25) is 0 Å². The van der Waals surface area contributed by atoms with Crippen LogP contribution in [-0.2, 0) is 7.05 Å². The fourth-order valence-electron chi connectivity index (χ4n) is 1.29. The maximum atomic E-state index is 11.8. The Morgan fingerprint density at radius 3 is 2.71 bits per heavy atom. The Hall–Kier alpha value is -2.41. The molecule has 0 aliphatic carbocycles. The third-order valence-corrected chi connectivity index (χ3v) is 2.13. The van der Waals surface area contributed by atoms with Gasteiger partial charge in [-0.25, -0.2) is 4.98 Å². The lowest BCUT2D eigenvalue weighted by atomic mass is 10.3. The van der Waals surface area contributed by atoms with E-state index in [0.29, 0.717) is 17.1 Å². The average Bonchev–Trinajstić information content (AvgIpc) is 2.75. The number of nitrogens with zero attached hydrogens (tertiary/aromatic N) is 3. The summed E-state index contributed by atoms with van der Waals surface area (Å²) in [5, 5.41) is 6.63. The molecule has 0 aliphatic heterocycles. The fraction of sp³-hybridized carbons (Fsp3) is 0.100. The molecule has 0 aliphatic rings. The number of aryl methyl sites for hydroxylation is 1. The molecule has 7 heteroatoms. The topological polar surface area (TPSA) is 97.9 Å². The molecule has 0 spiro atoms. The summed E-state index contributed by atoms with van der Waals surface area (Å²) in [5.41, 5.74) is 4.02. The molecule has 0 bridgehead atoms. The molecule has 17 heavy (non-hydrogen) atoms. The van der Waals surface area contributed by atoms with Gasteiger partial charge in [0.2, 0.25) is 0 Å². The van der Waals surface area contributed by atoms with Gasteiger partial charge >= 0.3 is 0 Å². The van der Waals surface area contributed by atoms with Crippen molar-refractivity contribution in [2.24, 2.45) is 12.9 Å². The number of rotatable bonds is 3. The number of nitrogens with two attached hydrogens (primary N) is 1. The fourth-order valence-corrected chi connectivity index (χ4v) is 1.29. The van der Waals surface area contributed by atoms with Gasteiger partial charge in [-0.05, 0) is 12.1 Å². The molecule has 7 nitrogen and oxygen atoms in total. The molecule has 0 radical (unpaired) electrons. The number of amides is 1. The second-order valence-electron chi connectivity index (χ2n) is 3.43. The van der Waals surface area contributed by atoms with Gasteiger partial charge in [-0.2, -0.15) is 5.10 Å². The number of pyridine rings is 1. The molecule has 88 valence electrons. The van der Waals surface area contributed by atoms with E-state index in [4.69, 9.17) is 5.84 Å². The van der Waals surface area contributed by atoms with Crippen LogP contribution in [0.1, 0.15) is 10.5 Å². The van der Waals surface area contributed by atoms with E-state index in [2.05, 4.69) is 20.8 Å². The van der Waals surface area contributed by atoms with Crippen molar-refractivity contribution in [1.29, 1.82) is 0 Å². The van der Waals surface area contributed by atoms with E-state index >= 15 is 0 Å². The van der Waals surface area contributed by atoms with Crippen molar-refractivity contribution in [3.05, 3.63) is 36.4 Å². The molecule has 0 unspecified atom stereocenters. The number of hydrogen-bond acceptors (Lipinski definition) is 5. The van der Waals surface area contributed by atoms with Gasteiger partial charge in [-0.3, -0.25) is 15.3 Å². The molecule has 1 amide bonds. The zero-order chi connectivity index (χ0) is 12.3. The first-order valence-electron chi connectivity index (χ1n) is 4.91. The van der Waals surface area contributed by atoms with Crippen LogP contribution in [0.25, 0.3) is 0 Å². The van der Waals surface area contributed by atoms with Gasteiger partial charge < -0.3 is 10.7 Å². The summed E-state index contributed by atoms with van der Waals surface area (Å²) >= 11 is 0. The van der Waals surface area contributed by atoms with Crippen LogP contribution >= 0.6 is 0 Å². The molecule has 0 saturated carbocycles. The highest BCUT2D eigenvalue weighted by atomic mass is 16.1. The maximum Gasteiger partial charge on any atom is 0.274 e. The van der Waals surface area contributed by atoms with Crippen molar-refractivity contribution < 1.29 is 4.79 Å². The van der Waals surface area contributed by atoms with E-state index in [1.807, 2.05) is 0 Å². The van der Waals surface area contributed by atoms with E-state index in [0.717, 1.165) is 0 Å². The lowest BCUT2D eigenvalue weighted by Gasteiger charge is -2.02. The van der Waals surface area contributed by atoms with Crippen LogP contribution < -0.4 is 16.6 Å². The highest BCUT2D eigenvalue weighted by molar-refractivity contribution is 6.02. The Morgan fingerprint density at radius 2 is 2.18 bits per heavy atom. The third-order valence-electron chi connectivity index (χ3n) is 2.13. The predicted molar refractivity (Wildman–Crippen MR) is 63.2 cm³/mol. The number of hydrogen-bond donors (Lipinski definition) is 3. The molecule has 4 N–H and O–H groups in total. The number of nitrogen functional groups attached to an aromatic ring is 1. The maximum absolute atomic E-state index is 11.8. The lowest BCUT2D eigenvalue weighted by molar-refractivity contribution is 0.102. The molecule has 0 aromatic carbocycles. The molecule has 2 heterocycles. The number of carbonyl (C=O) groups excluding carboxylic acids is 1. The van der Waals surface area contributed by atoms with Crippen LogP contribution in [0.15, 0.2) is 30.7 Å². The van der Waals surface area contributed by atoms with Crippen LogP contribution in [0.3, 0.4) is 0 Å². The summed E-state index contributed by atoms with van der Waals surface area (Å²) in [5.74, 6) is 4.91. The van der Waals surface area contributed by atoms with Gasteiger partial charge in [0.25, 0.3) is 5.91 Å². The third kappa shape index (κ3) is 2.58. The van der Waals surface area contributed by atoms with Gasteiger partial charge in [-0.1, -0.05) is 0 Å². The highest BCUT2D eigenvalue weighted by Crippen LogP contribution is 2.08. The van der Waals surface area contributed by atoms with Gasteiger partial charge in [0.15, 0.2) is 0 Å². The second kappa shape index (κ2) is 4.62. The quantitative estimate of drug-likeness (QED) is 0.524. The zero-order valence-electron chi connectivity index (χ0n) is 9.21. The minimum atomic E-state index is -0.290. The standard InChI is InChI=1S/C10H12N6O/c1-16-6-8(5-13-16)14-10(17)9-3-2-7(15-11)4-12-9/h2-6,15H,11H2,1H3,(H,14,17). The van der Waals surface area contributed by atoms with Crippen LogP contribution in [-0.4, -0.2) is 20.7 Å². The number of carbonyl (C=O) groups is 1. The van der Waals surface area contributed by atoms with Gasteiger partial charge in [0.1, 0.15) is 5.69 Å². The minimum Gasteiger partial charge on any atom is -0.323 e. The van der Waals surface area contributed by atoms with Crippen molar-refractivity contribution in [3.63, 3.8) is 0 Å². The summed E-state index contributed by atoms with van der Waals surface area (Å²) < 4.78 is 1.60. The number of aromatic nitrogens is 3. The monoisotopic (exact) mass is 232 g/mol. The average molecular weight is 232 g/mol. The lowest BCUT2D eigenvalue weighted by Crippen LogP contribution is -2.14. The Morgan fingerprint density at radius 1 is 1.35 bits per heavy atom. The Balaban J connectivity index is 2.09.